The Kier molecular flexibility index (Phi) is 5.91. The highest BCUT2D eigenvalue weighted by atomic mass is 15.0. The van der Waals surface area contributed by atoms with Crippen molar-refractivity contribution >= 4 is 11.0 Å². The van der Waals surface area contributed by atoms with Crippen molar-refractivity contribution in [2.45, 2.75) is 26.8 Å². The van der Waals surface area contributed by atoms with Gasteiger partial charge in [-0.3, -0.25) is 15.0 Å². The molecule has 0 aliphatic carbocycles. The van der Waals surface area contributed by atoms with Crippen molar-refractivity contribution in [3.05, 3.63) is 95.7 Å². The molecule has 3 heterocycles. The van der Waals surface area contributed by atoms with E-state index < -0.39 is 0 Å². The number of hydrogen-bond acceptors (Lipinski definition) is 5. The standard InChI is InChI=1S/C27H26N6/c1-18-6-3-4-8-20(18)12-13-28-17-25-32-26(27(33-25)23-9-5-7-19(2)31-23)21-10-11-22-24(16-21)30-15-14-29-22/h3-11,14-16,28H,12-13,17H2,1-2H3,(H,32,33). The molecule has 3 aromatic heterocycles. The van der Waals surface area contributed by atoms with Crippen molar-refractivity contribution in [1.29, 1.82) is 0 Å². The molecule has 6 nitrogen and oxygen atoms in total. The third-order valence-corrected chi connectivity index (χ3v) is 5.76. The van der Waals surface area contributed by atoms with Gasteiger partial charge in [0, 0.05) is 23.7 Å². The zero-order chi connectivity index (χ0) is 22.6. The fourth-order valence-electron chi connectivity index (χ4n) is 4.01. The fourth-order valence-corrected chi connectivity index (χ4v) is 4.01. The van der Waals surface area contributed by atoms with E-state index in [0.717, 1.165) is 58.2 Å². The maximum atomic E-state index is 4.95. The number of aryl methyl sites for hydroxylation is 2. The van der Waals surface area contributed by atoms with Gasteiger partial charge in [0.05, 0.1) is 34.7 Å². The van der Waals surface area contributed by atoms with E-state index >= 15 is 0 Å². The minimum absolute atomic E-state index is 0.651. The van der Waals surface area contributed by atoms with Crippen molar-refractivity contribution in [3.63, 3.8) is 0 Å². The highest BCUT2D eigenvalue weighted by Crippen LogP contribution is 2.30. The van der Waals surface area contributed by atoms with Gasteiger partial charge < -0.3 is 10.3 Å². The number of nitrogens with zero attached hydrogens (tertiary/aromatic N) is 4. The van der Waals surface area contributed by atoms with Crippen LogP contribution in [0.25, 0.3) is 33.7 Å². The smallest absolute Gasteiger partial charge is 0.121 e. The Labute approximate surface area is 193 Å². The summed E-state index contributed by atoms with van der Waals surface area (Å²) in [7, 11) is 0. The molecule has 0 aliphatic heterocycles. The van der Waals surface area contributed by atoms with Gasteiger partial charge in [0.25, 0.3) is 0 Å². The first kappa shape index (κ1) is 21.0. The normalized spacial score (nSPS) is 11.2. The lowest BCUT2D eigenvalue weighted by Crippen LogP contribution is -2.17. The second kappa shape index (κ2) is 9.30. The van der Waals surface area contributed by atoms with E-state index in [9.17, 15) is 0 Å². The molecular weight excluding hydrogens is 408 g/mol. The molecule has 0 bridgehead atoms. The Balaban J connectivity index is 1.42. The van der Waals surface area contributed by atoms with Crippen LogP contribution in [0, 0.1) is 13.8 Å². The van der Waals surface area contributed by atoms with Crippen LogP contribution in [0.1, 0.15) is 22.6 Å². The number of aromatic amines is 1. The summed E-state index contributed by atoms with van der Waals surface area (Å²) in [6.07, 6.45) is 4.40. The lowest BCUT2D eigenvalue weighted by molar-refractivity contribution is 0.664. The van der Waals surface area contributed by atoms with E-state index in [4.69, 9.17) is 9.97 Å². The fraction of sp³-hybridized carbons (Fsp3) is 0.185. The van der Waals surface area contributed by atoms with Crippen LogP contribution in [0.4, 0.5) is 0 Å². The van der Waals surface area contributed by atoms with Crippen molar-refractivity contribution < 1.29 is 0 Å². The number of aromatic nitrogens is 5. The van der Waals surface area contributed by atoms with E-state index in [1.54, 1.807) is 12.4 Å². The molecule has 0 amide bonds. The van der Waals surface area contributed by atoms with Crippen LogP contribution in [-0.4, -0.2) is 31.5 Å². The Morgan fingerprint density at radius 1 is 0.848 bits per heavy atom. The summed E-state index contributed by atoms with van der Waals surface area (Å²) in [5.41, 5.74) is 9.03. The molecule has 0 aliphatic rings. The minimum atomic E-state index is 0.651. The Bertz CT molecular complexity index is 1400. The van der Waals surface area contributed by atoms with Gasteiger partial charge in [-0.2, -0.15) is 0 Å². The highest BCUT2D eigenvalue weighted by molar-refractivity contribution is 5.84. The van der Waals surface area contributed by atoms with Crippen LogP contribution in [0.5, 0.6) is 0 Å². The molecule has 0 unspecified atom stereocenters. The van der Waals surface area contributed by atoms with Gasteiger partial charge >= 0.3 is 0 Å². The zero-order valence-electron chi connectivity index (χ0n) is 18.8. The van der Waals surface area contributed by atoms with Gasteiger partial charge in [-0.15, -0.1) is 0 Å². The van der Waals surface area contributed by atoms with Crippen molar-refractivity contribution in [2.24, 2.45) is 0 Å². The first-order valence-corrected chi connectivity index (χ1v) is 11.2. The van der Waals surface area contributed by atoms with Crippen LogP contribution in [-0.2, 0) is 13.0 Å². The zero-order valence-corrected chi connectivity index (χ0v) is 18.8. The largest absolute Gasteiger partial charge is 0.339 e. The number of pyridine rings is 1. The lowest BCUT2D eigenvalue weighted by atomic mass is 10.1. The predicted molar refractivity (Wildman–Crippen MR) is 132 cm³/mol. The van der Waals surface area contributed by atoms with Gasteiger partial charge in [0.1, 0.15) is 5.82 Å². The molecule has 164 valence electrons. The minimum Gasteiger partial charge on any atom is -0.339 e. The molecule has 0 fully saturated rings. The van der Waals surface area contributed by atoms with Crippen molar-refractivity contribution in [3.8, 4) is 22.6 Å². The topological polar surface area (TPSA) is 79.4 Å². The number of benzene rings is 2. The van der Waals surface area contributed by atoms with E-state index in [2.05, 4.69) is 51.5 Å². The highest BCUT2D eigenvalue weighted by Gasteiger charge is 2.16. The lowest BCUT2D eigenvalue weighted by Gasteiger charge is -2.06. The third-order valence-electron chi connectivity index (χ3n) is 5.76. The van der Waals surface area contributed by atoms with Gasteiger partial charge in [-0.1, -0.05) is 36.4 Å². The van der Waals surface area contributed by atoms with Gasteiger partial charge in [-0.25, -0.2) is 4.98 Å². The first-order chi connectivity index (χ1) is 16.2. The molecule has 5 aromatic rings. The quantitative estimate of drug-likeness (QED) is 0.351. The van der Waals surface area contributed by atoms with E-state index in [0.29, 0.717) is 6.54 Å². The van der Waals surface area contributed by atoms with Crippen LogP contribution in [0.3, 0.4) is 0 Å². The van der Waals surface area contributed by atoms with Gasteiger partial charge in [-0.05, 0) is 62.2 Å². The molecule has 33 heavy (non-hydrogen) atoms. The second-order valence-electron chi connectivity index (χ2n) is 8.18. The molecule has 0 radical (unpaired) electrons. The molecule has 0 saturated carbocycles. The third kappa shape index (κ3) is 4.66. The Morgan fingerprint density at radius 3 is 2.55 bits per heavy atom. The summed E-state index contributed by atoms with van der Waals surface area (Å²) < 4.78 is 0. The van der Waals surface area contributed by atoms with Crippen LogP contribution in [0.15, 0.2) is 73.1 Å². The Morgan fingerprint density at radius 2 is 1.70 bits per heavy atom. The summed E-state index contributed by atoms with van der Waals surface area (Å²) >= 11 is 0. The summed E-state index contributed by atoms with van der Waals surface area (Å²) in [5.74, 6) is 0.882. The summed E-state index contributed by atoms with van der Waals surface area (Å²) in [6.45, 7) is 5.69. The van der Waals surface area contributed by atoms with Crippen LogP contribution in [0.2, 0.25) is 0 Å². The predicted octanol–water partition coefficient (Wildman–Crippen LogP) is 5.03. The SMILES string of the molecule is Cc1cccc(-c2[nH]c(CNCCc3ccccc3C)nc2-c2ccc3nccnc3c2)n1. The summed E-state index contributed by atoms with van der Waals surface area (Å²) in [4.78, 5) is 22.0. The average Bonchev–Trinajstić information content (AvgIpc) is 3.27. The van der Waals surface area contributed by atoms with Crippen LogP contribution < -0.4 is 5.32 Å². The number of H-pyrrole nitrogens is 1. The maximum Gasteiger partial charge on any atom is 0.121 e. The Hall–Kier alpha value is -3.90. The molecule has 0 atom stereocenters. The number of hydrogen-bond donors (Lipinski definition) is 2. The molecule has 6 heteroatoms. The number of imidazole rings is 1. The second-order valence-corrected chi connectivity index (χ2v) is 8.18. The van der Waals surface area contributed by atoms with Gasteiger partial charge in [0.15, 0.2) is 0 Å². The van der Waals surface area contributed by atoms with E-state index in [1.165, 1.54) is 11.1 Å². The average molecular weight is 435 g/mol. The monoisotopic (exact) mass is 434 g/mol. The number of fused-ring (bicyclic) bond motifs is 1. The summed E-state index contributed by atoms with van der Waals surface area (Å²) in [6, 6.07) is 20.6. The van der Waals surface area contributed by atoms with Crippen molar-refractivity contribution in [1.82, 2.24) is 30.2 Å². The molecule has 0 saturated heterocycles. The van der Waals surface area contributed by atoms with Gasteiger partial charge in [0.2, 0.25) is 0 Å². The molecular formula is C27H26N6. The first-order valence-electron chi connectivity index (χ1n) is 11.2. The molecule has 2 aromatic carbocycles. The number of nitrogens with one attached hydrogen (secondary N) is 2. The number of rotatable bonds is 7. The van der Waals surface area contributed by atoms with Crippen LogP contribution >= 0.6 is 0 Å². The molecule has 0 spiro atoms. The summed E-state index contributed by atoms with van der Waals surface area (Å²) in [5, 5.41) is 3.53. The maximum absolute atomic E-state index is 4.95. The van der Waals surface area contributed by atoms with E-state index in [1.807, 2.05) is 43.3 Å². The van der Waals surface area contributed by atoms with Crippen molar-refractivity contribution in [2.75, 3.05) is 6.54 Å². The van der Waals surface area contributed by atoms with E-state index in [-0.39, 0.29) is 0 Å². The molecule has 5 rings (SSSR count). The molecule has 2 N–H and O–H groups in total.